The molecule has 0 heterocycles. The zero-order valence-electron chi connectivity index (χ0n) is 37.8. The number of allylic oxidation sites excluding steroid dienone is 2. The molecule has 0 saturated heterocycles. The van der Waals surface area contributed by atoms with Crippen molar-refractivity contribution >= 4 is 11.9 Å². The van der Waals surface area contributed by atoms with Gasteiger partial charge in [-0.3, -0.25) is 9.59 Å². The number of aliphatic hydroxyl groups excluding tert-OH is 2. The third-order valence-electron chi connectivity index (χ3n) is 11.6. The van der Waals surface area contributed by atoms with Crippen LogP contribution >= 0.6 is 0 Å². The minimum absolute atomic E-state index is 0.0724. The summed E-state index contributed by atoms with van der Waals surface area (Å²) in [7, 11) is 0. The second kappa shape index (κ2) is 44.7. The van der Waals surface area contributed by atoms with Gasteiger partial charge in [-0.25, -0.2) is 0 Å². The van der Waals surface area contributed by atoms with Crippen LogP contribution in [-0.4, -0.2) is 46.9 Å². The molecule has 6 heteroatoms. The van der Waals surface area contributed by atoms with Crippen molar-refractivity contribution in [3.63, 3.8) is 0 Å². The summed E-state index contributed by atoms with van der Waals surface area (Å²) >= 11 is 0. The molecule has 0 aliphatic carbocycles. The van der Waals surface area contributed by atoms with Crippen molar-refractivity contribution in [2.45, 2.75) is 289 Å². The number of ether oxygens (including phenoxy) is 1. The van der Waals surface area contributed by atoms with Gasteiger partial charge < -0.3 is 20.3 Å². The maximum Gasteiger partial charge on any atom is 0.306 e. The van der Waals surface area contributed by atoms with Crippen molar-refractivity contribution in [1.29, 1.82) is 0 Å². The highest BCUT2D eigenvalue weighted by molar-refractivity contribution is 5.77. The summed E-state index contributed by atoms with van der Waals surface area (Å²) in [5, 5.41) is 23.6. The molecule has 0 aliphatic rings. The molecule has 0 aromatic heterocycles. The van der Waals surface area contributed by atoms with Crippen LogP contribution in [-0.2, 0) is 14.3 Å². The molecule has 0 saturated carbocycles. The molecule has 332 valence electrons. The van der Waals surface area contributed by atoms with Crippen LogP contribution in [0.25, 0.3) is 0 Å². The highest BCUT2D eigenvalue weighted by atomic mass is 16.5. The third kappa shape index (κ3) is 39.4. The topological polar surface area (TPSA) is 95.9 Å². The van der Waals surface area contributed by atoms with E-state index in [4.69, 9.17) is 4.74 Å². The van der Waals surface area contributed by atoms with Crippen LogP contribution < -0.4 is 5.32 Å². The summed E-state index contributed by atoms with van der Waals surface area (Å²) in [6.45, 7) is 6.42. The van der Waals surface area contributed by atoms with E-state index in [0.29, 0.717) is 19.3 Å². The number of amides is 1. The molecule has 0 aromatic carbocycles. The SMILES string of the molecule is CCC/C=C\CCCCCC(CC(=O)NC(CO)C(O)CCCCCCCCCCCCC)OC(=O)CCCCCCCCCCCCCCCCCCCC. The Hall–Kier alpha value is -1.40. The smallest absolute Gasteiger partial charge is 0.306 e. The van der Waals surface area contributed by atoms with Crippen molar-refractivity contribution < 1.29 is 24.5 Å². The Morgan fingerprint density at radius 1 is 0.500 bits per heavy atom. The lowest BCUT2D eigenvalue weighted by molar-refractivity contribution is -0.151. The molecule has 0 bridgehead atoms. The maximum atomic E-state index is 13.1. The first-order chi connectivity index (χ1) is 27.5. The van der Waals surface area contributed by atoms with Crippen LogP contribution in [0.3, 0.4) is 0 Å². The van der Waals surface area contributed by atoms with Gasteiger partial charge in [0, 0.05) is 6.42 Å². The maximum absolute atomic E-state index is 13.1. The molecule has 0 rings (SSSR count). The fraction of sp³-hybridized carbons (Fsp3) is 0.920. The summed E-state index contributed by atoms with van der Waals surface area (Å²) in [6.07, 6.45) is 48.6. The first-order valence-corrected chi connectivity index (χ1v) is 24.9. The number of nitrogens with one attached hydrogen (secondary N) is 1. The highest BCUT2D eigenvalue weighted by Crippen LogP contribution is 2.18. The molecule has 0 aromatic rings. The molecule has 6 nitrogen and oxygen atoms in total. The molecular weight excluding hydrogens is 695 g/mol. The molecule has 3 unspecified atom stereocenters. The van der Waals surface area contributed by atoms with Gasteiger partial charge in [-0.2, -0.15) is 0 Å². The Bertz CT molecular complexity index is 847. The van der Waals surface area contributed by atoms with Crippen LogP contribution in [0.2, 0.25) is 0 Å². The molecule has 3 atom stereocenters. The van der Waals surface area contributed by atoms with Crippen LogP contribution in [0, 0.1) is 0 Å². The Balaban J connectivity index is 4.36. The number of aliphatic hydroxyl groups is 2. The van der Waals surface area contributed by atoms with E-state index in [1.807, 2.05) is 0 Å². The van der Waals surface area contributed by atoms with E-state index in [0.717, 1.165) is 64.2 Å². The molecule has 56 heavy (non-hydrogen) atoms. The van der Waals surface area contributed by atoms with Crippen LogP contribution in [0.1, 0.15) is 271 Å². The van der Waals surface area contributed by atoms with E-state index in [9.17, 15) is 19.8 Å². The quantitative estimate of drug-likeness (QED) is 0.0324. The summed E-state index contributed by atoms with van der Waals surface area (Å²) < 4.78 is 5.89. The van der Waals surface area contributed by atoms with Crippen LogP contribution in [0.15, 0.2) is 12.2 Å². The molecule has 3 N–H and O–H groups in total. The number of hydrogen-bond acceptors (Lipinski definition) is 5. The predicted octanol–water partition coefficient (Wildman–Crippen LogP) is 14.6. The number of rotatable bonds is 45. The van der Waals surface area contributed by atoms with E-state index in [1.165, 1.54) is 161 Å². The zero-order valence-corrected chi connectivity index (χ0v) is 37.8. The monoisotopic (exact) mass is 792 g/mol. The van der Waals surface area contributed by atoms with Gasteiger partial charge in [0.2, 0.25) is 5.91 Å². The lowest BCUT2D eigenvalue weighted by atomic mass is 10.0. The first kappa shape index (κ1) is 54.6. The van der Waals surface area contributed by atoms with Gasteiger partial charge in [-0.1, -0.05) is 226 Å². The third-order valence-corrected chi connectivity index (χ3v) is 11.6. The van der Waals surface area contributed by atoms with Crippen molar-refractivity contribution in [2.24, 2.45) is 0 Å². The van der Waals surface area contributed by atoms with Gasteiger partial charge in [0.15, 0.2) is 0 Å². The van der Waals surface area contributed by atoms with Gasteiger partial charge in [-0.05, 0) is 44.9 Å². The molecular formula is C50H97NO5. The molecule has 0 spiro atoms. The lowest BCUT2D eigenvalue weighted by Gasteiger charge is -2.24. The van der Waals surface area contributed by atoms with Gasteiger partial charge in [0.1, 0.15) is 6.10 Å². The second-order valence-corrected chi connectivity index (χ2v) is 17.2. The molecule has 1 amide bonds. The van der Waals surface area contributed by atoms with Crippen LogP contribution in [0.5, 0.6) is 0 Å². The van der Waals surface area contributed by atoms with Gasteiger partial charge >= 0.3 is 5.97 Å². The average Bonchev–Trinajstić information content (AvgIpc) is 3.19. The van der Waals surface area contributed by atoms with E-state index < -0.39 is 18.2 Å². The average molecular weight is 792 g/mol. The van der Waals surface area contributed by atoms with Crippen molar-refractivity contribution in [2.75, 3.05) is 6.61 Å². The molecule has 0 fully saturated rings. The van der Waals surface area contributed by atoms with E-state index in [-0.39, 0.29) is 24.9 Å². The Morgan fingerprint density at radius 3 is 1.34 bits per heavy atom. The van der Waals surface area contributed by atoms with Crippen LogP contribution in [0.4, 0.5) is 0 Å². The van der Waals surface area contributed by atoms with Crippen molar-refractivity contribution in [3.05, 3.63) is 12.2 Å². The number of hydrogen-bond donors (Lipinski definition) is 3. The summed E-state index contributed by atoms with van der Waals surface area (Å²) in [5.41, 5.74) is 0. The van der Waals surface area contributed by atoms with E-state index in [2.05, 4.69) is 38.2 Å². The Kier molecular flexibility index (Phi) is 43.6. The van der Waals surface area contributed by atoms with Crippen molar-refractivity contribution in [3.8, 4) is 0 Å². The second-order valence-electron chi connectivity index (χ2n) is 17.2. The minimum atomic E-state index is -0.784. The van der Waals surface area contributed by atoms with E-state index in [1.54, 1.807) is 0 Å². The highest BCUT2D eigenvalue weighted by Gasteiger charge is 2.24. The summed E-state index contributed by atoms with van der Waals surface area (Å²) in [5.74, 6) is -0.479. The Morgan fingerprint density at radius 2 is 0.893 bits per heavy atom. The standard InChI is InChI=1S/C50H97NO5/c1-4-7-10-13-16-19-21-22-23-24-25-26-27-29-31-34-37-40-43-50(55)56-46(41-38-35-32-18-15-12-9-6-3)44-49(54)51-47(45-52)48(53)42-39-36-33-30-28-20-17-14-11-8-5-2/h12,15,46-48,52-53H,4-11,13-14,16-45H2,1-3H3,(H,51,54)/b15-12-. The van der Waals surface area contributed by atoms with Gasteiger partial charge in [0.05, 0.1) is 25.2 Å². The Labute approximate surface area is 349 Å². The summed E-state index contributed by atoms with van der Waals surface area (Å²) in [4.78, 5) is 26.0. The van der Waals surface area contributed by atoms with Crippen molar-refractivity contribution in [1.82, 2.24) is 5.32 Å². The largest absolute Gasteiger partial charge is 0.462 e. The summed E-state index contributed by atoms with van der Waals surface area (Å²) in [6, 6.07) is -0.698. The van der Waals surface area contributed by atoms with Gasteiger partial charge in [0.25, 0.3) is 0 Å². The number of carbonyl (C=O) groups is 2. The predicted molar refractivity (Wildman–Crippen MR) is 241 cm³/mol. The lowest BCUT2D eigenvalue weighted by Crippen LogP contribution is -2.46. The number of unbranched alkanes of at least 4 members (excludes halogenated alkanes) is 31. The molecule has 0 aliphatic heterocycles. The normalized spacial score (nSPS) is 13.3. The molecule has 0 radical (unpaired) electrons. The van der Waals surface area contributed by atoms with Gasteiger partial charge in [-0.15, -0.1) is 0 Å². The zero-order chi connectivity index (χ0) is 41.0. The fourth-order valence-corrected chi connectivity index (χ4v) is 7.79. The minimum Gasteiger partial charge on any atom is -0.462 e. The number of carbonyl (C=O) groups excluding carboxylic acids is 2. The number of esters is 1. The van der Waals surface area contributed by atoms with E-state index >= 15 is 0 Å². The first-order valence-electron chi connectivity index (χ1n) is 24.9. The fourth-order valence-electron chi connectivity index (χ4n) is 7.79.